The van der Waals surface area contributed by atoms with Crippen LogP contribution < -0.4 is 4.90 Å². The number of carbonyl (C=O) groups is 1. The Bertz CT molecular complexity index is 359. The first kappa shape index (κ1) is 9.21. The highest BCUT2D eigenvalue weighted by Crippen LogP contribution is 2.21. The van der Waals surface area contributed by atoms with E-state index in [-0.39, 0.29) is 0 Å². The first-order valence-corrected chi connectivity index (χ1v) is 5.22. The van der Waals surface area contributed by atoms with E-state index in [9.17, 15) is 4.79 Å². The van der Waals surface area contributed by atoms with Gasteiger partial charge in [-0.15, -0.1) is 11.3 Å². The van der Waals surface area contributed by atoms with Crippen molar-refractivity contribution in [1.82, 2.24) is 4.98 Å². The van der Waals surface area contributed by atoms with Gasteiger partial charge in [0.15, 0.2) is 5.13 Å². The van der Waals surface area contributed by atoms with Gasteiger partial charge in [0.2, 0.25) is 0 Å². The number of carboxylic acid groups (broad SMARTS) is 1. The topological polar surface area (TPSA) is 53.4 Å². The molecule has 0 unspecified atom stereocenters. The normalized spacial score (nSPS) is 16.6. The summed E-state index contributed by atoms with van der Waals surface area (Å²) in [4.78, 5) is 16.9. The molecule has 0 radical (unpaired) electrons. The third-order valence-corrected chi connectivity index (χ3v) is 3.01. The quantitative estimate of drug-likeness (QED) is 0.800. The largest absolute Gasteiger partial charge is 0.478 e. The molecular weight excluding hydrogens is 200 g/mol. The van der Waals surface area contributed by atoms with Crippen molar-refractivity contribution in [1.29, 1.82) is 0 Å². The van der Waals surface area contributed by atoms with Gasteiger partial charge in [-0.05, 0) is 6.42 Å². The molecule has 1 aliphatic heterocycles. The molecule has 0 saturated carbocycles. The minimum absolute atomic E-state index is 0.512. The molecule has 2 heterocycles. The zero-order valence-electron chi connectivity index (χ0n) is 7.51. The molecule has 2 rings (SSSR count). The lowest BCUT2D eigenvalue weighted by molar-refractivity contribution is -0.132. The summed E-state index contributed by atoms with van der Waals surface area (Å²) in [6.07, 6.45) is 4.11. The molecule has 0 amide bonds. The van der Waals surface area contributed by atoms with Crippen LogP contribution in [-0.4, -0.2) is 29.1 Å². The Labute approximate surface area is 85.5 Å². The van der Waals surface area contributed by atoms with Crippen molar-refractivity contribution >= 4 is 22.4 Å². The number of rotatable bonds is 2. The van der Waals surface area contributed by atoms with E-state index in [1.807, 2.05) is 5.38 Å². The second-order valence-electron chi connectivity index (χ2n) is 3.05. The summed E-state index contributed by atoms with van der Waals surface area (Å²) in [5.41, 5.74) is 0.512. The van der Waals surface area contributed by atoms with Gasteiger partial charge in [0, 0.05) is 30.2 Å². The number of carboxylic acids is 1. The number of anilines is 1. The van der Waals surface area contributed by atoms with Gasteiger partial charge < -0.3 is 10.0 Å². The highest BCUT2D eigenvalue weighted by molar-refractivity contribution is 7.13. The van der Waals surface area contributed by atoms with Gasteiger partial charge in [0.25, 0.3) is 0 Å². The van der Waals surface area contributed by atoms with Gasteiger partial charge in [-0.3, -0.25) is 0 Å². The third kappa shape index (κ3) is 1.77. The molecule has 1 aromatic heterocycles. The van der Waals surface area contributed by atoms with E-state index >= 15 is 0 Å². The van der Waals surface area contributed by atoms with Crippen molar-refractivity contribution in [2.75, 3.05) is 18.0 Å². The number of nitrogens with zero attached hydrogens (tertiary/aromatic N) is 2. The van der Waals surface area contributed by atoms with Crippen LogP contribution in [0.25, 0.3) is 0 Å². The van der Waals surface area contributed by atoms with Gasteiger partial charge in [-0.2, -0.15) is 0 Å². The van der Waals surface area contributed by atoms with Crippen molar-refractivity contribution in [3.05, 3.63) is 23.2 Å². The smallest absolute Gasteiger partial charge is 0.331 e. The standard InChI is InChI=1S/C9H10N2O2S/c12-8(13)7-1-4-11(5-2-7)9-10-3-6-14-9/h1,3,6H,2,4-5H2,(H,12,13). The molecule has 5 heteroatoms. The fourth-order valence-corrected chi connectivity index (χ4v) is 2.09. The zero-order chi connectivity index (χ0) is 9.97. The monoisotopic (exact) mass is 210 g/mol. The fraction of sp³-hybridized carbons (Fsp3) is 0.333. The Kier molecular flexibility index (Phi) is 2.49. The van der Waals surface area contributed by atoms with Gasteiger partial charge in [-0.25, -0.2) is 9.78 Å². The van der Waals surface area contributed by atoms with Crippen LogP contribution in [-0.2, 0) is 4.79 Å². The van der Waals surface area contributed by atoms with Crippen LogP contribution in [0.2, 0.25) is 0 Å². The number of hydrogen-bond acceptors (Lipinski definition) is 4. The zero-order valence-corrected chi connectivity index (χ0v) is 8.33. The van der Waals surface area contributed by atoms with Crippen LogP contribution in [0.4, 0.5) is 5.13 Å². The predicted molar refractivity (Wildman–Crippen MR) is 54.7 cm³/mol. The summed E-state index contributed by atoms with van der Waals surface area (Å²) in [6.45, 7) is 1.39. The molecule has 0 bridgehead atoms. The Morgan fingerprint density at radius 1 is 1.64 bits per heavy atom. The van der Waals surface area contributed by atoms with Crippen molar-refractivity contribution in [2.45, 2.75) is 6.42 Å². The maximum Gasteiger partial charge on any atom is 0.331 e. The Morgan fingerprint density at radius 2 is 2.50 bits per heavy atom. The lowest BCUT2D eigenvalue weighted by Crippen LogP contribution is -2.29. The molecule has 0 fully saturated rings. The van der Waals surface area contributed by atoms with E-state index in [4.69, 9.17) is 5.11 Å². The first-order chi connectivity index (χ1) is 6.77. The Hall–Kier alpha value is -1.36. The summed E-state index contributed by atoms with van der Waals surface area (Å²) in [5, 5.41) is 11.6. The number of thiazole rings is 1. The van der Waals surface area contributed by atoms with E-state index in [1.165, 1.54) is 0 Å². The van der Waals surface area contributed by atoms with Crippen LogP contribution >= 0.6 is 11.3 Å². The van der Waals surface area contributed by atoms with E-state index in [0.717, 1.165) is 11.7 Å². The molecule has 4 nitrogen and oxygen atoms in total. The van der Waals surface area contributed by atoms with E-state index < -0.39 is 5.97 Å². The van der Waals surface area contributed by atoms with Gasteiger partial charge in [0.05, 0.1) is 0 Å². The lowest BCUT2D eigenvalue weighted by Gasteiger charge is -2.24. The summed E-state index contributed by atoms with van der Waals surface area (Å²) in [6, 6.07) is 0. The fourth-order valence-electron chi connectivity index (χ4n) is 1.41. The van der Waals surface area contributed by atoms with E-state index in [2.05, 4.69) is 9.88 Å². The summed E-state index contributed by atoms with van der Waals surface area (Å²) >= 11 is 1.58. The molecule has 0 atom stereocenters. The van der Waals surface area contributed by atoms with Crippen LogP contribution in [0.5, 0.6) is 0 Å². The molecule has 0 aromatic carbocycles. The minimum atomic E-state index is -0.802. The Balaban J connectivity index is 2.06. The van der Waals surface area contributed by atoms with Gasteiger partial charge in [0.1, 0.15) is 0 Å². The molecule has 1 aliphatic rings. The van der Waals surface area contributed by atoms with Crippen molar-refractivity contribution in [3.8, 4) is 0 Å². The molecule has 0 saturated heterocycles. The minimum Gasteiger partial charge on any atom is -0.478 e. The SMILES string of the molecule is O=C(O)C1=CCN(c2nccs2)CC1. The molecule has 0 aliphatic carbocycles. The molecule has 14 heavy (non-hydrogen) atoms. The van der Waals surface area contributed by atoms with E-state index in [1.54, 1.807) is 23.6 Å². The van der Waals surface area contributed by atoms with Crippen LogP contribution in [0.3, 0.4) is 0 Å². The van der Waals surface area contributed by atoms with Crippen LogP contribution in [0, 0.1) is 0 Å². The average molecular weight is 210 g/mol. The Morgan fingerprint density at radius 3 is 3.00 bits per heavy atom. The van der Waals surface area contributed by atoms with E-state index in [0.29, 0.717) is 18.5 Å². The second kappa shape index (κ2) is 3.79. The molecule has 0 spiro atoms. The predicted octanol–water partition coefficient (Wildman–Crippen LogP) is 1.36. The summed E-state index contributed by atoms with van der Waals surface area (Å²) in [7, 11) is 0. The number of aromatic nitrogens is 1. The highest BCUT2D eigenvalue weighted by atomic mass is 32.1. The second-order valence-corrected chi connectivity index (χ2v) is 3.92. The van der Waals surface area contributed by atoms with Crippen LogP contribution in [0.1, 0.15) is 6.42 Å². The number of hydrogen-bond donors (Lipinski definition) is 1. The van der Waals surface area contributed by atoms with Crippen molar-refractivity contribution < 1.29 is 9.90 Å². The molecule has 1 N–H and O–H groups in total. The maximum absolute atomic E-state index is 10.6. The molecule has 74 valence electrons. The molecular formula is C9H10N2O2S. The number of aliphatic carboxylic acids is 1. The van der Waals surface area contributed by atoms with Crippen molar-refractivity contribution in [2.24, 2.45) is 0 Å². The molecule has 1 aromatic rings. The summed E-state index contributed by atoms with van der Waals surface area (Å²) in [5.74, 6) is -0.802. The van der Waals surface area contributed by atoms with Gasteiger partial charge in [-0.1, -0.05) is 6.08 Å². The maximum atomic E-state index is 10.6. The third-order valence-electron chi connectivity index (χ3n) is 2.17. The average Bonchev–Trinajstić information content (AvgIpc) is 2.71. The first-order valence-electron chi connectivity index (χ1n) is 4.34. The van der Waals surface area contributed by atoms with Gasteiger partial charge >= 0.3 is 5.97 Å². The lowest BCUT2D eigenvalue weighted by atomic mass is 10.1. The summed E-state index contributed by atoms with van der Waals surface area (Å²) < 4.78 is 0. The van der Waals surface area contributed by atoms with Crippen LogP contribution in [0.15, 0.2) is 23.2 Å². The van der Waals surface area contributed by atoms with Crippen molar-refractivity contribution in [3.63, 3.8) is 0 Å². The highest BCUT2D eigenvalue weighted by Gasteiger charge is 2.17.